The third kappa shape index (κ3) is 13.1. The number of ether oxygens (including phenoxy) is 1. The van der Waals surface area contributed by atoms with Crippen LogP contribution in [0.3, 0.4) is 0 Å². The van der Waals surface area contributed by atoms with Gasteiger partial charge in [0.15, 0.2) is 6.10 Å². The maximum Gasteiger partial charge on any atom is 0.407 e. The number of hydrogen-bond acceptors (Lipinski definition) is 11. The first-order valence-electron chi connectivity index (χ1n) is 22.0. The van der Waals surface area contributed by atoms with Crippen LogP contribution in [0, 0.1) is 10.5 Å². The van der Waals surface area contributed by atoms with Crippen molar-refractivity contribution in [2.45, 2.75) is 133 Å². The number of aryl methyl sites for hydroxylation is 1. The number of hydrogen-bond donors (Lipinski definition) is 6. The third-order valence-corrected chi connectivity index (χ3v) is 14.0. The number of sulfone groups is 1. The number of hydrazine groups is 1. The molecule has 2 heterocycles. The van der Waals surface area contributed by atoms with Gasteiger partial charge in [0.2, 0.25) is 15.7 Å². The van der Waals surface area contributed by atoms with Crippen LogP contribution in [0.5, 0.6) is 0 Å². The molecular formula is C47H62IN7O9S. The Balaban J connectivity index is 1.54. The minimum Gasteiger partial charge on any atom is -0.444 e. The number of aliphatic hydroxyl groups is 1. The number of amides is 5. The van der Waals surface area contributed by atoms with Gasteiger partial charge in [-0.2, -0.15) is 0 Å². The first kappa shape index (κ1) is 51.1. The van der Waals surface area contributed by atoms with Crippen LogP contribution in [0.1, 0.15) is 106 Å². The molecule has 0 spiro atoms. The van der Waals surface area contributed by atoms with Crippen LogP contribution in [0.2, 0.25) is 0 Å². The molecule has 0 saturated carbocycles. The van der Waals surface area contributed by atoms with Gasteiger partial charge in [0.25, 0.3) is 17.7 Å². The molecule has 18 heteroatoms. The summed E-state index contributed by atoms with van der Waals surface area (Å²) in [5.41, 5.74) is 12.2. The first-order chi connectivity index (χ1) is 30.6. The Kier molecular flexibility index (Phi) is 17.3. The molecule has 0 bridgehead atoms. The van der Waals surface area contributed by atoms with E-state index in [1.54, 1.807) is 50.0 Å². The smallest absolute Gasteiger partial charge is 0.407 e. The molecule has 3 aromatic rings. The van der Waals surface area contributed by atoms with Crippen molar-refractivity contribution in [1.29, 1.82) is 0 Å². The average Bonchev–Trinajstić information content (AvgIpc) is 3.58. The van der Waals surface area contributed by atoms with Crippen LogP contribution in [0.25, 0.3) is 0 Å². The van der Waals surface area contributed by atoms with Crippen LogP contribution in [-0.4, -0.2) is 95.7 Å². The number of nitrogens with two attached hydrogens (primary N) is 2. The van der Waals surface area contributed by atoms with Gasteiger partial charge in [-0.05, 0) is 136 Å². The first-order valence-corrected chi connectivity index (χ1v) is 24.5. The van der Waals surface area contributed by atoms with Crippen LogP contribution >= 0.6 is 22.6 Å². The van der Waals surface area contributed by atoms with E-state index in [0.717, 1.165) is 32.5 Å². The SMILES string of the molecule is CCCCCC1C(S(=O)(=O)c2ccc(C)cc2)=C(C(=O)N[C@@H](CCCCNC(=O)OC(C)(C)C)C(O)C(=O)NCc2ccc(C(N)=O)cc2)N2C(=O)C(N)(Cc3cccc(I)c3)CCN12. The van der Waals surface area contributed by atoms with Crippen LogP contribution in [0.15, 0.2) is 88.3 Å². The number of aliphatic hydroxyl groups excluding tert-OH is 1. The van der Waals surface area contributed by atoms with E-state index in [9.17, 15) is 19.5 Å². The fourth-order valence-electron chi connectivity index (χ4n) is 7.98. The third-order valence-electron chi connectivity index (χ3n) is 11.4. The summed E-state index contributed by atoms with van der Waals surface area (Å²) >= 11 is 2.18. The van der Waals surface area contributed by atoms with Gasteiger partial charge in [-0.3, -0.25) is 19.2 Å². The monoisotopic (exact) mass is 1030 g/mol. The van der Waals surface area contributed by atoms with E-state index in [1.807, 2.05) is 38.1 Å². The molecule has 352 valence electrons. The molecular weight excluding hydrogens is 966 g/mol. The van der Waals surface area contributed by atoms with Crippen molar-refractivity contribution in [1.82, 2.24) is 26.0 Å². The highest BCUT2D eigenvalue weighted by molar-refractivity contribution is 14.1. The van der Waals surface area contributed by atoms with Crippen molar-refractivity contribution in [3.63, 3.8) is 0 Å². The number of benzene rings is 3. The summed E-state index contributed by atoms with van der Waals surface area (Å²) in [6, 6.07) is 17.8. The normalized spacial score (nSPS) is 18.7. The number of rotatable bonds is 20. The number of nitrogens with one attached hydrogen (secondary N) is 3. The standard InChI is InChI=1S/C47H62IN7O9S/c1-6-7-8-15-37-40(65(62,63)35-22-16-30(2)17-23-35)38(55-44(60)47(50,24-26-54(37)55)28-32-12-11-13-34(48)27-32)42(58)53-36(14-9-10-25-51-45(61)64-46(3,4)5)39(56)43(59)52-29-31-18-20-33(21-19-31)41(49)57/h11-13,16-23,27,36-37,39,56H,6-10,14-15,24-26,28-29,50H2,1-5H3,(H2,49,57)(H,51,61)(H,52,59)(H,53,58)/t36-,37?,39?,47?/m0/s1. The van der Waals surface area contributed by atoms with Crippen molar-refractivity contribution in [2.75, 3.05) is 13.1 Å². The Morgan fingerprint density at radius 3 is 2.29 bits per heavy atom. The second-order valence-electron chi connectivity index (χ2n) is 17.8. The maximum absolute atomic E-state index is 15.1. The molecule has 8 N–H and O–H groups in total. The van der Waals surface area contributed by atoms with Crippen LogP contribution in [0.4, 0.5) is 4.79 Å². The lowest BCUT2D eigenvalue weighted by Gasteiger charge is -2.45. The maximum atomic E-state index is 15.1. The molecule has 0 aliphatic carbocycles. The number of halogens is 1. The number of primary amides is 1. The predicted octanol–water partition coefficient (Wildman–Crippen LogP) is 4.89. The molecule has 5 rings (SSSR count). The number of fused-ring (bicyclic) bond motifs is 1. The molecule has 3 unspecified atom stereocenters. The van der Waals surface area contributed by atoms with Gasteiger partial charge in [0.1, 0.15) is 16.8 Å². The zero-order valence-electron chi connectivity index (χ0n) is 37.7. The Hall–Kier alpha value is -4.89. The lowest BCUT2D eigenvalue weighted by Crippen LogP contribution is -2.66. The topological polar surface area (TPSA) is 244 Å². The van der Waals surface area contributed by atoms with Crippen LogP contribution < -0.4 is 27.4 Å². The zero-order chi connectivity index (χ0) is 47.7. The van der Waals surface area contributed by atoms with Crippen molar-refractivity contribution in [3.8, 4) is 0 Å². The molecule has 5 amide bonds. The van der Waals surface area contributed by atoms with E-state index in [1.165, 1.54) is 24.3 Å². The molecule has 4 atom stereocenters. The molecule has 1 fully saturated rings. The molecule has 2 aliphatic rings. The van der Waals surface area contributed by atoms with Crippen LogP contribution in [-0.2, 0) is 41.9 Å². The quantitative estimate of drug-likeness (QED) is 0.0658. The fraction of sp³-hybridized carbons (Fsp3) is 0.468. The summed E-state index contributed by atoms with van der Waals surface area (Å²) in [4.78, 5) is 67.4. The molecule has 0 radical (unpaired) electrons. The average molecular weight is 1030 g/mol. The summed E-state index contributed by atoms with van der Waals surface area (Å²) in [6.45, 7) is 9.35. The fourth-order valence-corrected chi connectivity index (χ4v) is 10.4. The summed E-state index contributed by atoms with van der Waals surface area (Å²) in [7, 11) is -4.47. The van der Waals surface area contributed by atoms with Crippen molar-refractivity contribution in [2.24, 2.45) is 11.5 Å². The van der Waals surface area contributed by atoms with Gasteiger partial charge >= 0.3 is 6.09 Å². The van der Waals surface area contributed by atoms with E-state index in [2.05, 4.69) is 38.5 Å². The van der Waals surface area contributed by atoms with Gasteiger partial charge in [0.05, 0.1) is 21.9 Å². The number of alkyl carbamates (subject to hydrolysis) is 1. The summed E-state index contributed by atoms with van der Waals surface area (Å²) in [5.74, 6) is -3.11. The van der Waals surface area contributed by atoms with Gasteiger partial charge in [0, 0.05) is 28.8 Å². The predicted molar refractivity (Wildman–Crippen MR) is 254 cm³/mol. The summed E-state index contributed by atoms with van der Waals surface area (Å²) in [6.07, 6.45) is 0.966. The van der Waals surface area contributed by atoms with Crippen molar-refractivity contribution < 1.29 is 42.2 Å². The Labute approximate surface area is 395 Å². The Morgan fingerprint density at radius 1 is 0.969 bits per heavy atom. The molecule has 16 nitrogen and oxygen atoms in total. The van der Waals surface area contributed by atoms with Gasteiger partial charge < -0.3 is 37.3 Å². The second kappa shape index (κ2) is 22.1. The van der Waals surface area contributed by atoms with E-state index >= 15 is 18.0 Å². The molecule has 3 aromatic carbocycles. The largest absolute Gasteiger partial charge is 0.444 e. The van der Waals surface area contributed by atoms with Gasteiger partial charge in [-0.25, -0.2) is 23.2 Å². The molecule has 0 aromatic heterocycles. The highest BCUT2D eigenvalue weighted by atomic mass is 127. The molecule has 1 saturated heterocycles. The van der Waals surface area contributed by atoms with E-state index in [4.69, 9.17) is 16.2 Å². The lowest BCUT2D eigenvalue weighted by molar-refractivity contribution is -0.160. The van der Waals surface area contributed by atoms with Gasteiger partial charge in [-0.1, -0.05) is 68.1 Å². The van der Waals surface area contributed by atoms with Crippen molar-refractivity contribution >= 4 is 62.2 Å². The number of nitrogens with zero attached hydrogens (tertiary/aromatic N) is 2. The molecule has 65 heavy (non-hydrogen) atoms. The summed E-state index contributed by atoms with van der Waals surface area (Å²) in [5, 5.41) is 22.6. The second-order valence-corrected chi connectivity index (χ2v) is 20.9. The van der Waals surface area contributed by atoms with E-state index < -0.39 is 74.6 Å². The minimum atomic E-state index is -4.47. The molecule has 2 aliphatic heterocycles. The van der Waals surface area contributed by atoms with E-state index in [-0.39, 0.29) is 60.7 Å². The Bertz CT molecular complexity index is 2350. The Morgan fingerprint density at radius 2 is 1.66 bits per heavy atom. The van der Waals surface area contributed by atoms with Crippen molar-refractivity contribution in [3.05, 3.63) is 109 Å². The highest BCUT2D eigenvalue weighted by Crippen LogP contribution is 2.43. The minimum absolute atomic E-state index is 0.00200. The lowest BCUT2D eigenvalue weighted by atomic mass is 9.85. The number of carbonyl (C=O) groups is 5. The number of carbonyl (C=O) groups excluding carboxylic acids is 5. The number of unbranched alkanes of at least 4 members (excludes halogenated alkanes) is 3. The van der Waals surface area contributed by atoms with Gasteiger partial charge in [-0.15, -0.1) is 0 Å². The highest BCUT2D eigenvalue weighted by Gasteiger charge is 2.56. The zero-order valence-corrected chi connectivity index (χ0v) is 40.7. The van der Waals surface area contributed by atoms with E-state index in [0.29, 0.717) is 24.8 Å². The summed E-state index contributed by atoms with van der Waals surface area (Å²) < 4.78 is 36.3.